The number of amides is 1. The molecule has 0 fully saturated rings. The number of carbonyl (C=O) groups is 1. The van der Waals surface area contributed by atoms with Gasteiger partial charge in [0.1, 0.15) is 0 Å². The van der Waals surface area contributed by atoms with Crippen LogP contribution in [0, 0.1) is 0 Å². The van der Waals surface area contributed by atoms with Gasteiger partial charge in [-0.25, -0.2) is 4.79 Å². The standard InChI is InChI=1S/C16H25NO4/c1-5-13(14(18)21-16(2,3)4)17(15(19)20)11-12-9-7-6-8-10-12/h6-10,13-14,18H,5,11H2,1-4H3,(H,19,20)/t13-,14?/m1/s1. The molecule has 1 unspecified atom stereocenters. The molecule has 0 heterocycles. The van der Waals surface area contributed by atoms with Crippen molar-refractivity contribution in [1.82, 2.24) is 4.90 Å². The monoisotopic (exact) mass is 295 g/mol. The summed E-state index contributed by atoms with van der Waals surface area (Å²) >= 11 is 0. The van der Waals surface area contributed by atoms with Crippen molar-refractivity contribution in [3.8, 4) is 0 Å². The summed E-state index contributed by atoms with van der Waals surface area (Å²) in [6, 6.07) is 8.71. The van der Waals surface area contributed by atoms with Crippen LogP contribution in [-0.4, -0.2) is 39.1 Å². The second kappa shape index (κ2) is 7.43. The lowest BCUT2D eigenvalue weighted by molar-refractivity contribution is -0.194. The Bertz CT molecular complexity index is 441. The van der Waals surface area contributed by atoms with Gasteiger partial charge < -0.3 is 14.9 Å². The quantitative estimate of drug-likeness (QED) is 0.791. The predicted octanol–water partition coefficient (Wildman–Crippen LogP) is 3.08. The van der Waals surface area contributed by atoms with E-state index >= 15 is 0 Å². The van der Waals surface area contributed by atoms with E-state index in [-0.39, 0.29) is 6.54 Å². The third kappa shape index (κ3) is 5.73. The minimum atomic E-state index is -1.16. The summed E-state index contributed by atoms with van der Waals surface area (Å²) in [6.07, 6.45) is -1.76. The Balaban J connectivity index is 2.88. The largest absolute Gasteiger partial charge is 0.465 e. The molecule has 21 heavy (non-hydrogen) atoms. The van der Waals surface area contributed by atoms with Crippen molar-refractivity contribution in [3.05, 3.63) is 35.9 Å². The Kier molecular flexibility index (Phi) is 6.18. The molecule has 1 aromatic carbocycles. The minimum Gasteiger partial charge on any atom is -0.465 e. The lowest BCUT2D eigenvalue weighted by atomic mass is 10.1. The molecule has 0 saturated heterocycles. The SMILES string of the molecule is CC[C@H](C(O)OC(C)(C)C)N(Cc1ccccc1)C(=O)O. The molecule has 2 atom stereocenters. The van der Waals surface area contributed by atoms with Gasteiger partial charge in [-0.1, -0.05) is 37.3 Å². The molecule has 1 amide bonds. The molecule has 0 aliphatic rings. The van der Waals surface area contributed by atoms with Crippen LogP contribution in [0.2, 0.25) is 0 Å². The van der Waals surface area contributed by atoms with Crippen LogP contribution in [0.4, 0.5) is 4.79 Å². The Morgan fingerprint density at radius 1 is 1.29 bits per heavy atom. The van der Waals surface area contributed by atoms with Gasteiger partial charge in [0.2, 0.25) is 0 Å². The zero-order valence-corrected chi connectivity index (χ0v) is 13.1. The summed E-state index contributed by atoms with van der Waals surface area (Å²) in [5.74, 6) is 0. The summed E-state index contributed by atoms with van der Waals surface area (Å²) in [4.78, 5) is 12.8. The molecular formula is C16H25NO4. The highest BCUT2D eigenvalue weighted by Crippen LogP contribution is 2.19. The number of benzene rings is 1. The van der Waals surface area contributed by atoms with E-state index in [1.54, 1.807) is 0 Å². The molecule has 1 aromatic rings. The first kappa shape index (κ1) is 17.5. The molecule has 0 saturated carbocycles. The topological polar surface area (TPSA) is 70.0 Å². The van der Waals surface area contributed by atoms with E-state index in [0.29, 0.717) is 6.42 Å². The van der Waals surface area contributed by atoms with E-state index in [9.17, 15) is 15.0 Å². The molecule has 5 heteroatoms. The van der Waals surface area contributed by atoms with Gasteiger partial charge in [0.25, 0.3) is 0 Å². The van der Waals surface area contributed by atoms with Crippen molar-refractivity contribution in [1.29, 1.82) is 0 Å². The molecule has 0 aliphatic carbocycles. The van der Waals surface area contributed by atoms with Crippen LogP contribution in [0.3, 0.4) is 0 Å². The zero-order valence-electron chi connectivity index (χ0n) is 13.1. The Labute approximate surface area is 126 Å². The normalized spacial score (nSPS) is 14.5. The molecule has 2 N–H and O–H groups in total. The predicted molar refractivity (Wildman–Crippen MR) is 80.9 cm³/mol. The maximum atomic E-state index is 11.5. The number of rotatable bonds is 6. The second-order valence-corrected chi connectivity index (χ2v) is 5.99. The number of aliphatic hydroxyl groups excluding tert-OH is 1. The second-order valence-electron chi connectivity index (χ2n) is 5.99. The highest BCUT2D eigenvalue weighted by molar-refractivity contribution is 5.65. The summed E-state index contributed by atoms with van der Waals surface area (Å²) in [7, 11) is 0. The number of hydrogen-bond acceptors (Lipinski definition) is 3. The fourth-order valence-corrected chi connectivity index (χ4v) is 2.12. The van der Waals surface area contributed by atoms with Crippen molar-refractivity contribution in [2.45, 2.75) is 58.6 Å². The van der Waals surface area contributed by atoms with E-state index in [1.165, 1.54) is 4.90 Å². The van der Waals surface area contributed by atoms with Crippen molar-refractivity contribution in [3.63, 3.8) is 0 Å². The van der Waals surface area contributed by atoms with Crippen LogP contribution in [-0.2, 0) is 11.3 Å². The van der Waals surface area contributed by atoms with Gasteiger partial charge in [-0.15, -0.1) is 0 Å². The van der Waals surface area contributed by atoms with Crippen LogP contribution in [0.15, 0.2) is 30.3 Å². The van der Waals surface area contributed by atoms with E-state index < -0.39 is 24.0 Å². The Morgan fingerprint density at radius 3 is 2.29 bits per heavy atom. The molecule has 0 bridgehead atoms. The van der Waals surface area contributed by atoms with E-state index in [2.05, 4.69) is 0 Å². The number of nitrogens with zero attached hydrogens (tertiary/aromatic N) is 1. The molecule has 0 aromatic heterocycles. The number of ether oxygens (including phenoxy) is 1. The highest BCUT2D eigenvalue weighted by atomic mass is 16.6. The van der Waals surface area contributed by atoms with Crippen molar-refractivity contribution < 1.29 is 19.7 Å². The van der Waals surface area contributed by atoms with E-state index in [0.717, 1.165) is 5.56 Å². The highest BCUT2D eigenvalue weighted by Gasteiger charge is 2.31. The maximum absolute atomic E-state index is 11.5. The summed E-state index contributed by atoms with van der Waals surface area (Å²) in [5.41, 5.74) is 0.338. The number of aliphatic hydroxyl groups is 1. The van der Waals surface area contributed by atoms with Gasteiger partial charge in [0.15, 0.2) is 6.29 Å². The van der Waals surface area contributed by atoms with Crippen molar-refractivity contribution in [2.75, 3.05) is 0 Å². The molecular weight excluding hydrogens is 270 g/mol. The Hall–Kier alpha value is -1.59. The van der Waals surface area contributed by atoms with Crippen LogP contribution in [0.5, 0.6) is 0 Å². The first-order valence-corrected chi connectivity index (χ1v) is 7.14. The van der Waals surface area contributed by atoms with Crippen molar-refractivity contribution in [2.24, 2.45) is 0 Å². The fraction of sp³-hybridized carbons (Fsp3) is 0.562. The van der Waals surface area contributed by atoms with Crippen LogP contribution < -0.4 is 0 Å². The first-order chi connectivity index (χ1) is 9.74. The van der Waals surface area contributed by atoms with Crippen molar-refractivity contribution >= 4 is 6.09 Å². The summed E-state index contributed by atoms with van der Waals surface area (Å²) in [5, 5.41) is 19.7. The molecule has 118 valence electrons. The van der Waals surface area contributed by atoms with E-state index in [4.69, 9.17) is 4.74 Å². The summed E-state index contributed by atoms with van der Waals surface area (Å²) in [6.45, 7) is 7.53. The third-order valence-electron chi connectivity index (χ3n) is 3.06. The van der Waals surface area contributed by atoms with Gasteiger partial charge >= 0.3 is 6.09 Å². The molecule has 5 nitrogen and oxygen atoms in total. The Morgan fingerprint density at radius 2 is 1.86 bits per heavy atom. The third-order valence-corrected chi connectivity index (χ3v) is 3.06. The average Bonchev–Trinajstić information content (AvgIpc) is 2.37. The fourth-order valence-electron chi connectivity index (χ4n) is 2.12. The van der Waals surface area contributed by atoms with Gasteiger partial charge in [0, 0.05) is 6.54 Å². The molecule has 1 rings (SSSR count). The van der Waals surface area contributed by atoms with E-state index in [1.807, 2.05) is 58.0 Å². The lowest BCUT2D eigenvalue weighted by Crippen LogP contribution is -2.48. The van der Waals surface area contributed by atoms with Gasteiger partial charge in [0.05, 0.1) is 11.6 Å². The number of carboxylic acid groups (broad SMARTS) is 1. The van der Waals surface area contributed by atoms with Gasteiger partial charge in [-0.2, -0.15) is 0 Å². The molecule has 0 aliphatic heterocycles. The lowest BCUT2D eigenvalue weighted by Gasteiger charge is -2.35. The van der Waals surface area contributed by atoms with Crippen LogP contribution in [0.25, 0.3) is 0 Å². The number of hydrogen-bond donors (Lipinski definition) is 2. The smallest absolute Gasteiger partial charge is 0.408 e. The van der Waals surface area contributed by atoms with Crippen LogP contribution in [0.1, 0.15) is 39.7 Å². The summed E-state index contributed by atoms with van der Waals surface area (Å²) < 4.78 is 5.51. The molecule has 0 radical (unpaired) electrons. The van der Waals surface area contributed by atoms with Gasteiger partial charge in [-0.3, -0.25) is 4.90 Å². The average molecular weight is 295 g/mol. The zero-order chi connectivity index (χ0) is 16.0. The first-order valence-electron chi connectivity index (χ1n) is 7.14. The van der Waals surface area contributed by atoms with Crippen LogP contribution >= 0.6 is 0 Å². The van der Waals surface area contributed by atoms with Gasteiger partial charge in [-0.05, 0) is 32.8 Å². The minimum absolute atomic E-state index is 0.221. The maximum Gasteiger partial charge on any atom is 0.408 e. The molecule has 0 spiro atoms.